The lowest BCUT2D eigenvalue weighted by Gasteiger charge is -2.25. The van der Waals surface area contributed by atoms with Crippen LogP contribution in [0, 0.1) is 12.7 Å². The van der Waals surface area contributed by atoms with E-state index in [1.54, 1.807) is 12.1 Å². The summed E-state index contributed by atoms with van der Waals surface area (Å²) in [6.45, 7) is 2.73. The van der Waals surface area contributed by atoms with Crippen LogP contribution in [0.25, 0.3) is 11.1 Å². The highest BCUT2D eigenvalue weighted by Gasteiger charge is 2.31. The zero-order valence-corrected chi connectivity index (χ0v) is 15.9. The second-order valence-electron chi connectivity index (χ2n) is 7.34. The van der Waals surface area contributed by atoms with Gasteiger partial charge in [0.15, 0.2) is 0 Å². The quantitative estimate of drug-likeness (QED) is 0.636. The molecule has 0 radical (unpaired) electrons. The highest BCUT2D eigenvalue weighted by molar-refractivity contribution is 5.79. The summed E-state index contributed by atoms with van der Waals surface area (Å²) in [7, 11) is 0. The number of aryl methyl sites for hydroxylation is 1. The first-order chi connectivity index (χ1) is 13.6. The Hall–Kier alpha value is -3.01. The lowest BCUT2D eigenvalue weighted by atomic mass is 10.0. The minimum Gasteiger partial charge on any atom is -0.334 e. The van der Waals surface area contributed by atoms with Crippen molar-refractivity contribution < 1.29 is 9.18 Å². The van der Waals surface area contributed by atoms with Crippen LogP contribution in [-0.2, 0) is 11.2 Å². The molecule has 1 saturated heterocycles. The Kier molecular flexibility index (Phi) is 5.20. The molecule has 1 amide bonds. The third kappa shape index (κ3) is 3.96. The number of amides is 1. The second kappa shape index (κ2) is 7.93. The molecule has 1 aromatic heterocycles. The molecule has 0 aliphatic carbocycles. The molecule has 1 atom stereocenters. The monoisotopic (exact) mass is 374 g/mol. The fraction of sp³-hybridized carbons (Fsp3) is 0.250. The van der Waals surface area contributed by atoms with Gasteiger partial charge in [0, 0.05) is 12.2 Å². The van der Waals surface area contributed by atoms with E-state index in [9.17, 15) is 9.18 Å². The van der Waals surface area contributed by atoms with Crippen molar-refractivity contribution >= 4 is 5.91 Å². The SMILES string of the molecule is Cc1cc(-c2ccccc2)cc([C@H]2CCCN2C(=O)Cc2ccc(F)cc2)n1. The topological polar surface area (TPSA) is 33.2 Å². The number of rotatable bonds is 4. The van der Waals surface area contributed by atoms with Crippen molar-refractivity contribution in [1.29, 1.82) is 0 Å². The van der Waals surface area contributed by atoms with E-state index in [0.717, 1.165) is 47.5 Å². The van der Waals surface area contributed by atoms with Crippen LogP contribution in [0.5, 0.6) is 0 Å². The first-order valence-electron chi connectivity index (χ1n) is 9.68. The van der Waals surface area contributed by atoms with Gasteiger partial charge in [-0.2, -0.15) is 0 Å². The van der Waals surface area contributed by atoms with E-state index in [-0.39, 0.29) is 24.2 Å². The van der Waals surface area contributed by atoms with Gasteiger partial charge in [0.1, 0.15) is 5.82 Å². The number of halogens is 1. The molecule has 0 unspecified atom stereocenters. The maximum absolute atomic E-state index is 13.1. The molecular weight excluding hydrogens is 351 g/mol. The summed E-state index contributed by atoms with van der Waals surface area (Å²) in [6, 6.07) is 20.6. The van der Waals surface area contributed by atoms with Crippen molar-refractivity contribution in [2.75, 3.05) is 6.54 Å². The van der Waals surface area contributed by atoms with Gasteiger partial charge in [-0.3, -0.25) is 9.78 Å². The van der Waals surface area contributed by atoms with Crippen LogP contribution in [0.2, 0.25) is 0 Å². The number of hydrogen-bond acceptors (Lipinski definition) is 2. The largest absolute Gasteiger partial charge is 0.334 e. The van der Waals surface area contributed by atoms with Gasteiger partial charge in [-0.15, -0.1) is 0 Å². The standard InChI is InChI=1S/C24H23FN2O/c1-17-14-20(19-6-3-2-4-7-19)16-22(26-17)23-8-5-13-27(23)24(28)15-18-9-11-21(25)12-10-18/h2-4,6-7,9-12,14,16,23H,5,8,13,15H2,1H3/t23-/m1/s1. The number of likely N-dealkylation sites (tertiary alicyclic amines) is 1. The minimum atomic E-state index is -0.285. The highest BCUT2D eigenvalue weighted by atomic mass is 19.1. The second-order valence-corrected chi connectivity index (χ2v) is 7.34. The average molecular weight is 374 g/mol. The fourth-order valence-corrected chi connectivity index (χ4v) is 3.91. The van der Waals surface area contributed by atoms with E-state index < -0.39 is 0 Å². The lowest BCUT2D eigenvalue weighted by molar-refractivity contribution is -0.131. The lowest BCUT2D eigenvalue weighted by Crippen LogP contribution is -2.32. The summed E-state index contributed by atoms with van der Waals surface area (Å²) in [6.07, 6.45) is 2.17. The maximum Gasteiger partial charge on any atom is 0.227 e. The maximum atomic E-state index is 13.1. The summed E-state index contributed by atoms with van der Waals surface area (Å²) in [5, 5.41) is 0. The Bertz CT molecular complexity index is 970. The summed E-state index contributed by atoms with van der Waals surface area (Å²) < 4.78 is 13.1. The Labute approximate surface area is 164 Å². The van der Waals surface area contributed by atoms with Crippen molar-refractivity contribution in [2.24, 2.45) is 0 Å². The molecule has 142 valence electrons. The Morgan fingerprint density at radius 1 is 1.07 bits per heavy atom. The van der Waals surface area contributed by atoms with Crippen LogP contribution in [0.15, 0.2) is 66.7 Å². The normalized spacial score (nSPS) is 16.4. The number of carbonyl (C=O) groups excluding carboxylic acids is 1. The van der Waals surface area contributed by atoms with Crippen molar-refractivity contribution in [1.82, 2.24) is 9.88 Å². The number of pyridine rings is 1. The summed E-state index contributed by atoms with van der Waals surface area (Å²) in [5.41, 5.74) is 5.01. The van der Waals surface area contributed by atoms with Gasteiger partial charge in [-0.25, -0.2) is 4.39 Å². The predicted octanol–water partition coefficient (Wildman–Crippen LogP) is 5.10. The number of carbonyl (C=O) groups is 1. The zero-order chi connectivity index (χ0) is 19.5. The molecule has 3 aromatic rings. The average Bonchev–Trinajstić information content (AvgIpc) is 3.20. The van der Waals surface area contributed by atoms with E-state index in [0.29, 0.717) is 0 Å². The summed E-state index contributed by atoms with van der Waals surface area (Å²) in [4.78, 5) is 19.6. The van der Waals surface area contributed by atoms with Gasteiger partial charge in [0.2, 0.25) is 5.91 Å². The van der Waals surface area contributed by atoms with E-state index >= 15 is 0 Å². The van der Waals surface area contributed by atoms with Gasteiger partial charge < -0.3 is 4.90 Å². The molecular formula is C24H23FN2O. The van der Waals surface area contributed by atoms with Crippen molar-refractivity contribution in [3.05, 3.63) is 89.5 Å². The summed E-state index contributed by atoms with van der Waals surface area (Å²) >= 11 is 0. The van der Waals surface area contributed by atoms with Gasteiger partial charge in [0.25, 0.3) is 0 Å². The first-order valence-corrected chi connectivity index (χ1v) is 9.68. The molecule has 0 spiro atoms. The molecule has 2 aromatic carbocycles. The predicted molar refractivity (Wildman–Crippen MR) is 108 cm³/mol. The third-order valence-electron chi connectivity index (χ3n) is 5.26. The Morgan fingerprint density at radius 3 is 2.57 bits per heavy atom. The molecule has 0 N–H and O–H groups in total. The van der Waals surface area contributed by atoms with Gasteiger partial charge in [-0.1, -0.05) is 42.5 Å². The number of aromatic nitrogens is 1. The van der Waals surface area contributed by atoms with Crippen LogP contribution >= 0.6 is 0 Å². The molecule has 3 nitrogen and oxygen atoms in total. The van der Waals surface area contributed by atoms with Crippen molar-refractivity contribution in [3.8, 4) is 11.1 Å². The van der Waals surface area contributed by atoms with Crippen molar-refractivity contribution in [3.63, 3.8) is 0 Å². The molecule has 0 bridgehead atoms. The minimum absolute atomic E-state index is 0.00434. The Morgan fingerprint density at radius 2 is 1.82 bits per heavy atom. The molecule has 4 rings (SSSR count). The van der Waals surface area contributed by atoms with Gasteiger partial charge >= 0.3 is 0 Å². The van der Waals surface area contributed by atoms with E-state index in [4.69, 9.17) is 4.98 Å². The van der Waals surface area contributed by atoms with Gasteiger partial charge in [0.05, 0.1) is 18.2 Å². The number of hydrogen-bond donors (Lipinski definition) is 0. The molecule has 1 fully saturated rings. The molecule has 1 aliphatic rings. The van der Waals surface area contributed by atoms with E-state index in [1.165, 1.54) is 12.1 Å². The third-order valence-corrected chi connectivity index (χ3v) is 5.26. The molecule has 2 heterocycles. The van der Waals surface area contributed by atoms with Crippen LogP contribution in [0.1, 0.15) is 35.8 Å². The van der Waals surface area contributed by atoms with E-state index in [1.807, 2.05) is 30.0 Å². The summed E-state index contributed by atoms with van der Waals surface area (Å²) in [5.74, 6) is -0.216. The van der Waals surface area contributed by atoms with E-state index in [2.05, 4.69) is 24.3 Å². The van der Waals surface area contributed by atoms with Crippen LogP contribution in [-0.4, -0.2) is 22.3 Å². The van der Waals surface area contributed by atoms with Gasteiger partial charge in [-0.05, 0) is 60.7 Å². The molecule has 0 saturated carbocycles. The smallest absolute Gasteiger partial charge is 0.227 e. The molecule has 4 heteroatoms. The molecule has 28 heavy (non-hydrogen) atoms. The van der Waals surface area contributed by atoms with Crippen LogP contribution < -0.4 is 0 Å². The van der Waals surface area contributed by atoms with Crippen LogP contribution in [0.3, 0.4) is 0 Å². The zero-order valence-electron chi connectivity index (χ0n) is 15.9. The highest BCUT2D eigenvalue weighted by Crippen LogP contribution is 2.33. The number of nitrogens with zero attached hydrogens (tertiary/aromatic N) is 2. The fourth-order valence-electron chi connectivity index (χ4n) is 3.91. The Balaban J connectivity index is 1.58. The first kappa shape index (κ1) is 18.4. The van der Waals surface area contributed by atoms with Crippen LogP contribution in [0.4, 0.5) is 4.39 Å². The van der Waals surface area contributed by atoms with Crippen molar-refractivity contribution in [2.45, 2.75) is 32.2 Å². The number of benzene rings is 2. The molecule has 1 aliphatic heterocycles.